The van der Waals surface area contributed by atoms with Crippen molar-refractivity contribution in [1.29, 1.82) is 0 Å². The first-order chi connectivity index (χ1) is 9.82. The Balaban J connectivity index is 2.43. The SMILES string of the molecule is COCC(O)CNC(=O)NCc1cccc(C(F)(F)F)c1. The Morgan fingerprint density at radius 1 is 1.38 bits per heavy atom. The third kappa shape index (κ3) is 6.46. The van der Waals surface area contributed by atoms with E-state index in [1.54, 1.807) is 0 Å². The molecular weight excluding hydrogens is 289 g/mol. The predicted octanol–water partition coefficient (Wildman–Crippen LogP) is 1.51. The van der Waals surface area contributed by atoms with Gasteiger partial charge in [0.15, 0.2) is 0 Å². The molecule has 0 bridgehead atoms. The third-order valence-electron chi connectivity index (χ3n) is 2.56. The summed E-state index contributed by atoms with van der Waals surface area (Å²) in [5.74, 6) is 0. The summed E-state index contributed by atoms with van der Waals surface area (Å²) in [5, 5.41) is 14.1. The van der Waals surface area contributed by atoms with E-state index in [0.717, 1.165) is 12.1 Å². The Bertz CT molecular complexity index is 466. The second kappa shape index (κ2) is 7.84. The topological polar surface area (TPSA) is 70.6 Å². The number of nitrogens with one attached hydrogen (secondary N) is 2. The van der Waals surface area contributed by atoms with Crippen molar-refractivity contribution in [2.75, 3.05) is 20.3 Å². The van der Waals surface area contributed by atoms with E-state index in [-0.39, 0.29) is 19.7 Å². The van der Waals surface area contributed by atoms with E-state index in [1.807, 2.05) is 0 Å². The Hall–Kier alpha value is -1.80. The van der Waals surface area contributed by atoms with Crippen LogP contribution in [0.3, 0.4) is 0 Å². The average Bonchev–Trinajstić information content (AvgIpc) is 2.42. The zero-order chi connectivity index (χ0) is 15.9. The largest absolute Gasteiger partial charge is 0.416 e. The van der Waals surface area contributed by atoms with E-state index in [0.29, 0.717) is 5.56 Å². The summed E-state index contributed by atoms with van der Waals surface area (Å²) in [5.41, 5.74) is -0.435. The summed E-state index contributed by atoms with van der Waals surface area (Å²) < 4.78 is 42.2. The summed E-state index contributed by atoms with van der Waals surface area (Å²) in [7, 11) is 1.41. The van der Waals surface area contributed by atoms with E-state index >= 15 is 0 Å². The van der Waals surface area contributed by atoms with Crippen LogP contribution in [0.5, 0.6) is 0 Å². The molecule has 2 amide bonds. The molecule has 3 N–H and O–H groups in total. The Morgan fingerprint density at radius 2 is 2.10 bits per heavy atom. The molecule has 8 heteroatoms. The Morgan fingerprint density at radius 3 is 2.71 bits per heavy atom. The van der Waals surface area contributed by atoms with Gasteiger partial charge in [-0.2, -0.15) is 13.2 Å². The number of benzene rings is 1. The maximum absolute atomic E-state index is 12.5. The number of rotatable bonds is 6. The molecule has 1 atom stereocenters. The number of urea groups is 1. The molecule has 118 valence electrons. The van der Waals surface area contributed by atoms with Crippen molar-refractivity contribution in [2.45, 2.75) is 18.8 Å². The zero-order valence-corrected chi connectivity index (χ0v) is 11.4. The minimum atomic E-state index is -4.41. The molecule has 0 aliphatic carbocycles. The maximum Gasteiger partial charge on any atom is 0.416 e. The van der Waals surface area contributed by atoms with Crippen LogP contribution in [0.25, 0.3) is 0 Å². The van der Waals surface area contributed by atoms with Gasteiger partial charge in [0.05, 0.1) is 18.3 Å². The highest BCUT2D eigenvalue weighted by Crippen LogP contribution is 2.29. The summed E-state index contributed by atoms with van der Waals surface area (Å²) in [6.07, 6.45) is -5.25. The number of ether oxygens (including phenoxy) is 1. The molecule has 21 heavy (non-hydrogen) atoms. The average molecular weight is 306 g/mol. The summed E-state index contributed by atoms with van der Waals surface area (Å²) >= 11 is 0. The molecule has 5 nitrogen and oxygen atoms in total. The molecule has 0 aliphatic rings. The molecule has 1 unspecified atom stereocenters. The molecular formula is C13H17F3N2O3. The van der Waals surface area contributed by atoms with E-state index in [1.165, 1.54) is 19.2 Å². The van der Waals surface area contributed by atoms with Crippen molar-refractivity contribution in [2.24, 2.45) is 0 Å². The van der Waals surface area contributed by atoms with Gasteiger partial charge in [0, 0.05) is 20.2 Å². The van der Waals surface area contributed by atoms with Crippen molar-refractivity contribution in [3.63, 3.8) is 0 Å². The minimum absolute atomic E-state index is 0.0116. The highest BCUT2D eigenvalue weighted by Gasteiger charge is 2.30. The minimum Gasteiger partial charge on any atom is -0.389 e. The van der Waals surface area contributed by atoms with E-state index in [4.69, 9.17) is 0 Å². The van der Waals surface area contributed by atoms with Gasteiger partial charge < -0.3 is 20.5 Å². The zero-order valence-electron chi connectivity index (χ0n) is 11.4. The van der Waals surface area contributed by atoms with Crippen LogP contribution < -0.4 is 10.6 Å². The number of aliphatic hydroxyl groups excluding tert-OH is 1. The van der Waals surface area contributed by atoms with Crippen LogP contribution in [0.4, 0.5) is 18.0 Å². The van der Waals surface area contributed by atoms with Crippen LogP contribution in [0.1, 0.15) is 11.1 Å². The Kier molecular flexibility index (Phi) is 6.44. The number of carbonyl (C=O) groups is 1. The fourth-order valence-electron chi connectivity index (χ4n) is 1.56. The van der Waals surface area contributed by atoms with Gasteiger partial charge in [-0.15, -0.1) is 0 Å². The van der Waals surface area contributed by atoms with Crippen molar-refractivity contribution in [1.82, 2.24) is 10.6 Å². The van der Waals surface area contributed by atoms with Crippen LogP contribution in [0.15, 0.2) is 24.3 Å². The lowest BCUT2D eigenvalue weighted by Gasteiger charge is -2.12. The normalized spacial score (nSPS) is 12.8. The highest BCUT2D eigenvalue weighted by atomic mass is 19.4. The fraction of sp³-hybridized carbons (Fsp3) is 0.462. The van der Waals surface area contributed by atoms with Gasteiger partial charge in [0.2, 0.25) is 0 Å². The fourth-order valence-corrected chi connectivity index (χ4v) is 1.56. The summed E-state index contributed by atoms with van der Waals surface area (Å²) in [6.45, 7) is 0.0201. The van der Waals surface area contributed by atoms with Crippen LogP contribution in [0, 0.1) is 0 Å². The quantitative estimate of drug-likeness (QED) is 0.746. The molecule has 0 saturated carbocycles. The van der Waals surface area contributed by atoms with Gasteiger partial charge in [0.25, 0.3) is 0 Å². The van der Waals surface area contributed by atoms with Crippen LogP contribution in [-0.4, -0.2) is 37.5 Å². The summed E-state index contributed by atoms with van der Waals surface area (Å²) in [4.78, 5) is 11.4. The molecule has 0 aromatic heterocycles. The van der Waals surface area contributed by atoms with Gasteiger partial charge >= 0.3 is 12.2 Å². The Labute approximate surface area is 120 Å². The number of halogens is 3. The van der Waals surface area contributed by atoms with E-state index in [2.05, 4.69) is 15.4 Å². The van der Waals surface area contributed by atoms with Gasteiger partial charge in [-0.1, -0.05) is 12.1 Å². The second-order valence-corrected chi connectivity index (χ2v) is 4.37. The number of amides is 2. The molecule has 0 heterocycles. The number of methoxy groups -OCH3 is 1. The van der Waals surface area contributed by atoms with E-state index < -0.39 is 23.9 Å². The number of aliphatic hydroxyl groups is 1. The smallest absolute Gasteiger partial charge is 0.389 e. The van der Waals surface area contributed by atoms with Gasteiger partial charge in [-0.25, -0.2) is 4.79 Å². The molecule has 0 saturated heterocycles. The van der Waals surface area contributed by atoms with Gasteiger partial charge in [0.1, 0.15) is 0 Å². The first-order valence-electron chi connectivity index (χ1n) is 6.17. The molecule has 0 fully saturated rings. The molecule has 0 radical (unpaired) electrons. The standard InChI is InChI=1S/C13H17F3N2O3/c1-21-8-11(19)7-18-12(20)17-6-9-3-2-4-10(5-9)13(14,15)16/h2-5,11,19H,6-8H2,1H3,(H2,17,18,20). The molecule has 1 aromatic rings. The monoisotopic (exact) mass is 306 g/mol. The first kappa shape index (κ1) is 17.3. The van der Waals surface area contributed by atoms with Crippen molar-refractivity contribution in [3.05, 3.63) is 35.4 Å². The molecule has 0 spiro atoms. The summed E-state index contributed by atoms with van der Waals surface area (Å²) in [6, 6.07) is 4.11. The highest BCUT2D eigenvalue weighted by molar-refractivity contribution is 5.73. The number of alkyl halides is 3. The predicted molar refractivity (Wildman–Crippen MR) is 69.6 cm³/mol. The van der Waals surface area contributed by atoms with Gasteiger partial charge in [-0.3, -0.25) is 0 Å². The van der Waals surface area contributed by atoms with Gasteiger partial charge in [-0.05, 0) is 17.7 Å². The van der Waals surface area contributed by atoms with Crippen LogP contribution in [0.2, 0.25) is 0 Å². The second-order valence-electron chi connectivity index (χ2n) is 4.37. The van der Waals surface area contributed by atoms with Crippen LogP contribution in [-0.2, 0) is 17.5 Å². The third-order valence-corrected chi connectivity index (χ3v) is 2.56. The van der Waals surface area contributed by atoms with Crippen molar-refractivity contribution in [3.8, 4) is 0 Å². The lowest BCUT2D eigenvalue weighted by Crippen LogP contribution is -2.40. The first-order valence-corrected chi connectivity index (χ1v) is 6.17. The van der Waals surface area contributed by atoms with E-state index in [9.17, 15) is 23.1 Å². The lowest BCUT2D eigenvalue weighted by atomic mass is 10.1. The maximum atomic E-state index is 12.5. The van der Waals surface area contributed by atoms with Crippen molar-refractivity contribution < 1.29 is 27.8 Å². The number of hydrogen-bond donors (Lipinski definition) is 3. The van der Waals surface area contributed by atoms with Crippen LogP contribution >= 0.6 is 0 Å². The number of hydrogen-bond acceptors (Lipinski definition) is 3. The molecule has 1 rings (SSSR count). The molecule has 1 aromatic carbocycles. The number of carbonyl (C=O) groups excluding carboxylic acids is 1. The van der Waals surface area contributed by atoms with Crippen molar-refractivity contribution >= 4 is 6.03 Å². The lowest BCUT2D eigenvalue weighted by molar-refractivity contribution is -0.137. The molecule has 0 aliphatic heterocycles.